The molecule has 1 rings (SSSR count). The summed E-state index contributed by atoms with van der Waals surface area (Å²) in [7, 11) is 1.53. The number of nitrogens with zero attached hydrogens (tertiary/aromatic N) is 1. The maximum Gasteiger partial charge on any atom is 0.248 e. The molecule has 1 amide bonds. The van der Waals surface area contributed by atoms with E-state index in [1.807, 2.05) is 13.8 Å². The molecule has 78 valence electrons. The lowest BCUT2D eigenvalue weighted by Gasteiger charge is -2.26. The Balaban J connectivity index is 0.000000671. The second kappa shape index (κ2) is 8.01. The molecule has 0 aromatic rings. The van der Waals surface area contributed by atoms with Crippen LogP contribution in [0.1, 0.15) is 13.8 Å². The van der Waals surface area contributed by atoms with E-state index in [2.05, 4.69) is 0 Å². The maximum atomic E-state index is 11.1. The summed E-state index contributed by atoms with van der Waals surface area (Å²) in [5, 5.41) is 0. The molecular formula is C9H19NO3. The lowest BCUT2D eigenvalue weighted by Crippen LogP contribution is -2.42. The minimum absolute atomic E-state index is 0.0517. The smallest absolute Gasteiger partial charge is 0.248 e. The quantitative estimate of drug-likeness (QED) is 0.635. The van der Waals surface area contributed by atoms with Gasteiger partial charge in [-0.1, -0.05) is 13.8 Å². The molecule has 0 radical (unpaired) electrons. The van der Waals surface area contributed by atoms with E-state index in [0.717, 1.165) is 0 Å². The fourth-order valence-corrected chi connectivity index (χ4v) is 1.03. The number of carbonyl (C=O) groups excluding carboxylic acids is 1. The third-order valence-electron chi connectivity index (χ3n) is 1.63. The fraction of sp³-hybridized carbons (Fsp3) is 0.889. The molecule has 0 saturated carbocycles. The molecule has 0 atom stereocenters. The molecule has 1 fully saturated rings. The van der Waals surface area contributed by atoms with Crippen LogP contribution in [0.5, 0.6) is 0 Å². The van der Waals surface area contributed by atoms with Gasteiger partial charge in [-0.15, -0.1) is 0 Å². The summed E-state index contributed by atoms with van der Waals surface area (Å²) in [6.07, 6.45) is 0. The van der Waals surface area contributed by atoms with Crippen LogP contribution in [0.3, 0.4) is 0 Å². The van der Waals surface area contributed by atoms with Crippen molar-refractivity contribution in [1.82, 2.24) is 4.90 Å². The zero-order chi connectivity index (χ0) is 10.1. The molecule has 4 nitrogen and oxygen atoms in total. The predicted octanol–water partition coefficient (Wildman–Crippen LogP) is 0.518. The molecule has 0 unspecified atom stereocenters. The predicted molar refractivity (Wildman–Crippen MR) is 50.6 cm³/mol. The number of rotatable bonds is 2. The van der Waals surface area contributed by atoms with Gasteiger partial charge in [-0.3, -0.25) is 4.79 Å². The molecule has 0 aliphatic carbocycles. The van der Waals surface area contributed by atoms with E-state index in [-0.39, 0.29) is 12.5 Å². The molecule has 4 heteroatoms. The third-order valence-corrected chi connectivity index (χ3v) is 1.63. The highest BCUT2D eigenvalue weighted by molar-refractivity contribution is 5.77. The lowest BCUT2D eigenvalue weighted by molar-refractivity contribution is -0.139. The first kappa shape index (κ1) is 12.4. The highest BCUT2D eigenvalue weighted by atomic mass is 16.5. The van der Waals surface area contributed by atoms with Crippen LogP contribution in [0.4, 0.5) is 0 Å². The number of methoxy groups -OCH3 is 1. The second-order valence-corrected chi connectivity index (χ2v) is 2.43. The van der Waals surface area contributed by atoms with Gasteiger partial charge in [0.1, 0.15) is 6.61 Å². The summed E-state index contributed by atoms with van der Waals surface area (Å²) in [6, 6.07) is 0. The van der Waals surface area contributed by atoms with Gasteiger partial charge in [-0.2, -0.15) is 0 Å². The van der Waals surface area contributed by atoms with Gasteiger partial charge >= 0.3 is 0 Å². The number of ether oxygens (including phenoxy) is 2. The summed E-state index contributed by atoms with van der Waals surface area (Å²) >= 11 is 0. The Labute approximate surface area is 79.8 Å². The van der Waals surface area contributed by atoms with Crippen molar-refractivity contribution in [2.75, 3.05) is 40.0 Å². The number of amides is 1. The van der Waals surface area contributed by atoms with E-state index < -0.39 is 0 Å². The topological polar surface area (TPSA) is 38.8 Å². The second-order valence-electron chi connectivity index (χ2n) is 2.43. The lowest BCUT2D eigenvalue weighted by atomic mass is 10.4. The normalized spacial score (nSPS) is 16.1. The van der Waals surface area contributed by atoms with Gasteiger partial charge in [-0.25, -0.2) is 0 Å². The molecule has 0 spiro atoms. The Bertz CT molecular complexity index is 133. The van der Waals surface area contributed by atoms with E-state index in [4.69, 9.17) is 9.47 Å². The van der Waals surface area contributed by atoms with Gasteiger partial charge in [0.2, 0.25) is 5.91 Å². The zero-order valence-corrected chi connectivity index (χ0v) is 8.71. The molecule has 13 heavy (non-hydrogen) atoms. The number of morpholine rings is 1. The first-order valence-electron chi connectivity index (χ1n) is 4.69. The summed E-state index contributed by atoms with van der Waals surface area (Å²) < 4.78 is 9.82. The molecule has 0 aromatic heterocycles. The average Bonchev–Trinajstić information content (AvgIpc) is 2.23. The van der Waals surface area contributed by atoms with Crippen molar-refractivity contribution in [3.8, 4) is 0 Å². The minimum Gasteiger partial charge on any atom is -0.378 e. The molecular weight excluding hydrogens is 170 g/mol. The summed E-state index contributed by atoms with van der Waals surface area (Å²) in [5.74, 6) is 0.0517. The van der Waals surface area contributed by atoms with Crippen molar-refractivity contribution in [2.45, 2.75) is 13.8 Å². The van der Waals surface area contributed by atoms with Crippen LogP contribution in [-0.4, -0.2) is 50.8 Å². The Kier molecular flexibility index (Phi) is 7.63. The van der Waals surface area contributed by atoms with Crippen LogP contribution >= 0.6 is 0 Å². The van der Waals surface area contributed by atoms with E-state index in [0.29, 0.717) is 26.3 Å². The van der Waals surface area contributed by atoms with Crippen molar-refractivity contribution >= 4 is 5.91 Å². The molecule has 1 aliphatic rings. The van der Waals surface area contributed by atoms with Crippen molar-refractivity contribution in [3.63, 3.8) is 0 Å². The standard InChI is InChI=1S/C7H13NO3.C2H6/c1-10-6-7(9)8-2-4-11-5-3-8;1-2/h2-6H2,1H3;1-2H3. The van der Waals surface area contributed by atoms with Gasteiger partial charge in [0.15, 0.2) is 0 Å². The van der Waals surface area contributed by atoms with Gasteiger partial charge in [-0.05, 0) is 0 Å². The van der Waals surface area contributed by atoms with Gasteiger partial charge < -0.3 is 14.4 Å². The highest BCUT2D eigenvalue weighted by Gasteiger charge is 2.15. The van der Waals surface area contributed by atoms with Gasteiger partial charge in [0, 0.05) is 20.2 Å². The van der Waals surface area contributed by atoms with Crippen LogP contribution in [-0.2, 0) is 14.3 Å². The van der Waals surface area contributed by atoms with Crippen LogP contribution in [0.2, 0.25) is 0 Å². The molecule has 1 aliphatic heterocycles. The maximum absolute atomic E-state index is 11.1. The number of hydrogen-bond acceptors (Lipinski definition) is 3. The van der Waals surface area contributed by atoms with Crippen LogP contribution in [0.15, 0.2) is 0 Å². The summed E-state index contributed by atoms with van der Waals surface area (Å²) in [6.45, 7) is 6.87. The van der Waals surface area contributed by atoms with Crippen molar-refractivity contribution in [2.24, 2.45) is 0 Å². The largest absolute Gasteiger partial charge is 0.378 e. The SMILES string of the molecule is CC.COCC(=O)N1CCOCC1. The van der Waals surface area contributed by atoms with Gasteiger partial charge in [0.05, 0.1) is 13.2 Å². The molecule has 1 heterocycles. The van der Waals surface area contributed by atoms with Crippen LogP contribution in [0.25, 0.3) is 0 Å². The minimum atomic E-state index is 0.0517. The van der Waals surface area contributed by atoms with E-state index in [1.165, 1.54) is 7.11 Å². The van der Waals surface area contributed by atoms with Crippen molar-refractivity contribution in [3.05, 3.63) is 0 Å². The van der Waals surface area contributed by atoms with Crippen molar-refractivity contribution in [1.29, 1.82) is 0 Å². The Morgan fingerprint density at radius 2 is 1.92 bits per heavy atom. The zero-order valence-electron chi connectivity index (χ0n) is 8.71. The summed E-state index contributed by atoms with van der Waals surface area (Å²) in [4.78, 5) is 12.9. The first-order chi connectivity index (χ1) is 6.34. The first-order valence-corrected chi connectivity index (χ1v) is 4.69. The molecule has 0 N–H and O–H groups in total. The van der Waals surface area contributed by atoms with Crippen molar-refractivity contribution < 1.29 is 14.3 Å². The van der Waals surface area contributed by atoms with Crippen LogP contribution in [0, 0.1) is 0 Å². The van der Waals surface area contributed by atoms with E-state index >= 15 is 0 Å². The van der Waals surface area contributed by atoms with Gasteiger partial charge in [0.25, 0.3) is 0 Å². The fourth-order valence-electron chi connectivity index (χ4n) is 1.03. The summed E-state index contributed by atoms with van der Waals surface area (Å²) in [5.41, 5.74) is 0. The van der Waals surface area contributed by atoms with Crippen LogP contribution < -0.4 is 0 Å². The Morgan fingerprint density at radius 3 is 2.38 bits per heavy atom. The monoisotopic (exact) mass is 189 g/mol. The third kappa shape index (κ3) is 4.85. The molecule has 1 saturated heterocycles. The number of carbonyl (C=O) groups is 1. The van der Waals surface area contributed by atoms with E-state index in [1.54, 1.807) is 4.90 Å². The average molecular weight is 189 g/mol. The Hall–Kier alpha value is -0.610. The molecule has 0 bridgehead atoms. The van der Waals surface area contributed by atoms with E-state index in [9.17, 15) is 4.79 Å². The number of hydrogen-bond donors (Lipinski definition) is 0. The molecule has 0 aromatic carbocycles. The Morgan fingerprint density at radius 1 is 1.38 bits per heavy atom. The highest BCUT2D eigenvalue weighted by Crippen LogP contribution is 1.96.